The van der Waals surface area contributed by atoms with E-state index in [0.717, 1.165) is 36.8 Å². The molecule has 1 aliphatic rings. The molecule has 1 aromatic carbocycles. The Morgan fingerprint density at radius 1 is 1.29 bits per heavy atom. The van der Waals surface area contributed by atoms with Crippen molar-refractivity contribution in [3.63, 3.8) is 0 Å². The Balaban J connectivity index is 0.00000341. The molecule has 0 aliphatic heterocycles. The fourth-order valence-corrected chi connectivity index (χ4v) is 3.69. The van der Waals surface area contributed by atoms with Crippen LogP contribution in [0.5, 0.6) is 0 Å². The van der Waals surface area contributed by atoms with Gasteiger partial charge >= 0.3 is 0 Å². The molecule has 0 bridgehead atoms. The molecule has 1 aromatic heterocycles. The maximum atomic E-state index is 12.2. The van der Waals surface area contributed by atoms with E-state index in [9.17, 15) is 4.79 Å². The van der Waals surface area contributed by atoms with Crippen LogP contribution >= 0.6 is 24.0 Å². The third-order valence-corrected chi connectivity index (χ3v) is 5.64. The van der Waals surface area contributed by atoms with E-state index in [2.05, 4.69) is 26.0 Å². The molecule has 1 fully saturated rings. The zero-order valence-electron chi connectivity index (χ0n) is 18.3. The number of carbonyl (C=O) groups excluding carboxylic acids is 1. The number of anilines is 1. The van der Waals surface area contributed by atoms with Gasteiger partial charge in [-0.25, -0.2) is 0 Å². The van der Waals surface area contributed by atoms with E-state index in [1.807, 2.05) is 24.3 Å². The molecular formula is C22H33IN6O2. The van der Waals surface area contributed by atoms with Gasteiger partial charge in [0.25, 0.3) is 0 Å². The van der Waals surface area contributed by atoms with E-state index in [-0.39, 0.29) is 36.4 Å². The van der Waals surface area contributed by atoms with Crippen LogP contribution in [0.3, 0.4) is 0 Å². The van der Waals surface area contributed by atoms with Crippen molar-refractivity contribution in [2.45, 2.75) is 38.8 Å². The van der Waals surface area contributed by atoms with Crippen molar-refractivity contribution in [1.82, 2.24) is 20.4 Å². The minimum atomic E-state index is -0.108. The van der Waals surface area contributed by atoms with E-state index in [4.69, 9.17) is 4.74 Å². The zero-order chi connectivity index (χ0) is 21.2. The molecule has 3 N–H and O–H groups in total. The number of aliphatic imine (C=N–C) groups is 1. The van der Waals surface area contributed by atoms with Gasteiger partial charge in [-0.05, 0) is 48.4 Å². The van der Waals surface area contributed by atoms with Crippen LogP contribution < -0.4 is 16.0 Å². The first-order valence-electron chi connectivity index (χ1n) is 10.4. The van der Waals surface area contributed by atoms with Crippen LogP contribution in [0.25, 0.3) is 0 Å². The monoisotopic (exact) mass is 540 g/mol. The van der Waals surface area contributed by atoms with Crippen molar-refractivity contribution in [2.75, 3.05) is 32.6 Å². The first-order valence-corrected chi connectivity index (χ1v) is 10.4. The van der Waals surface area contributed by atoms with Crippen molar-refractivity contribution < 1.29 is 9.53 Å². The summed E-state index contributed by atoms with van der Waals surface area (Å²) >= 11 is 0. The number of methoxy groups -OCH3 is 1. The van der Waals surface area contributed by atoms with Crippen molar-refractivity contribution in [3.05, 3.63) is 48.3 Å². The molecule has 3 rings (SSSR count). The Morgan fingerprint density at radius 2 is 2.13 bits per heavy atom. The minimum absolute atomic E-state index is 0. The first kappa shape index (κ1) is 25.1. The Bertz CT molecular complexity index is 836. The van der Waals surface area contributed by atoms with Gasteiger partial charge in [0.1, 0.15) is 6.54 Å². The molecule has 31 heavy (non-hydrogen) atoms. The highest BCUT2D eigenvalue weighted by atomic mass is 127. The highest BCUT2D eigenvalue weighted by Crippen LogP contribution is 2.43. The number of nitrogens with zero attached hydrogens (tertiary/aromatic N) is 3. The summed E-state index contributed by atoms with van der Waals surface area (Å²) in [5.41, 5.74) is 2.15. The van der Waals surface area contributed by atoms with Crippen LogP contribution in [0, 0.1) is 5.41 Å². The van der Waals surface area contributed by atoms with Gasteiger partial charge in [-0.15, -0.1) is 24.0 Å². The van der Waals surface area contributed by atoms with E-state index in [1.165, 1.54) is 19.3 Å². The molecule has 0 atom stereocenters. The average molecular weight is 540 g/mol. The van der Waals surface area contributed by atoms with Gasteiger partial charge in [-0.3, -0.25) is 14.5 Å². The van der Waals surface area contributed by atoms with Gasteiger partial charge in [-0.1, -0.05) is 18.6 Å². The largest absolute Gasteiger partial charge is 0.385 e. The summed E-state index contributed by atoms with van der Waals surface area (Å²) in [7, 11) is 3.54. The molecule has 1 saturated carbocycles. The average Bonchev–Trinajstić information content (AvgIpc) is 3.22. The first-order chi connectivity index (χ1) is 14.6. The minimum Gasteiger partial charge on any atom is -0.385 e. The maximum absolute atomic E-state index is 12.2. The third-order valence-electron chi connectivity index (χ3n) is 5.64. The lowest BCUT2D eigenvalue weighted by atomic mass is 9.67. The summed E-state index contributed by atoms with van der Waals surface area (Å²) in [5.74, 6) is 0.676. The molecular weight excluding hydrogens is 507 g/mol. The van der Waals surface area contributed by atoms with Crippen molar-refractivity contribution in [2.24, 2.45) is 10.4 Å². The van der Waals surface area contributed by atoms with Gasteiger partial charge in [-0.2, -0.15) is 5.10 Å². The number of amides is 1. The molecule has 8 nitrogen and oxygen atoms in total. The zero-order valence-corrected chi connectivity index (χ0v) is 20.6. The number of rotatable bonds is 10. The number of ether oxygens (including phenoxy) is 1. The van der Waals surface area contributed by atoms with Gasteiger partial charge in [0.05, 0.1) is 0 Å². The number of hydrogen-bond donors (Lipinski definition) is 3. The summed E-state index contributed by atoms with van der Waals surface area (Å²) in [5, 5.41) is 13.8. The second-order valence-electron chi connectivity index (χ2n) is 7.83. The number of hydrogen-bond acceptors (Lipinski definition) is 4. The Labute approximate surface area is 201 Å². The standard InChI is InChI=1S/C22H32N6O2.HI/c1-23-21(25-17-22(8-4-9-22)10-13-30-2)24-15-18-6-3-7-19(14-18)27-20(29)16-28-12-5-11-26-28;/h3,5-7,11-12,14H,4,8-10,13,15-17H2,1-2H3,(H,27,29)(H2,23,24,25);1H. The lowest BCUT2D eigenvalue weighted by Crippen LogP contribution is -2.46. The van der Waals surface area contributed by atoms with Gasteiger partial charge in [0, 0.05) is 51.9 Å². The smallest absolute Gasteiger partial charge is 0.246 e. The SMILES string of the molecule is CN=C(NCc1cccc(NC(=O)Cn2cccn2)c1)NCC1(CCOC)CCC1.I. The highest BCUT2D eigenvalue weighted by Gasteiger charge is 2.36. The predicted octanol–water partition coefficient (Wildman–Crippen LogP) is 3.01. The van der Waals surface area contributed by atoms with E-state index >= 15 is 0 Å². The molecule has 1 heterocycles. The number of carbonyl (C=O) groups is 1. The number of benzene rings is 1. The second kappa shape index (κ2) is 12.7. The molecule has 1 aliphatic carbocycles. The summed E-state index contributed by atoms with van der Waals surface area (Å²) in [4.78, 5) is 16.5. The summed E-state index contributed by atoms with van der Waals surface area (Å²) in [6, 6.07) is 9.60. The number of halogens is 1. The summed E-state index contributed by atoms with van der Waals surface area (Å²) in [6.07, 6.45) is 8.26. The Morgan fingerprint density at radius 3 is 2.77 bits per heavy atom. The van der Waals surface area contributed by atoms with Crippen LogP contribution in [-0.4, -0.2) is 49.0 Å². The molecule has 0 unspecified atom stereocenters. The normalized spacial score (nSPS) is 14.8. The van der Waals surface area contributed by atoms with Gasteiger partial charge in [0.15, 0.2) is 5.96 Å². The molecule has 0 saturated heterocycles. The molecule has 1 amide bonds. The third kappa shape index (κ3) is 7.80. The van der Waals surface area contributed by atoms with Crippen molar-refractivity contribution in [3.8, 4) is 0 Å². The Kier molecular flexibility index (Phi) is 10.3. The van der Waals surface area contributed by atoms with Gasteiger partial charge < -0.3 is 20.7 Å². The quantitative estimate of drug-likeness (QED) is 0.245. The van der Waals surface area contributed by atoms with Gasteiger partial charge in [0.2, 0.25) is 5.91 Å². The van der Waals surface area contributed by atoms with E-state index in [1.54, 1.807) is 37.3 Å². The van der Waals surface area contributed by atoms with Crippen LogP contribution in [0.15, 0.2) is 47.7 Å². The molecule has 170 valence electrons. The van der Waals surface area contributed by atoms with E-state index in [0.29, 0.717) is 12.0 Å². The molecule has 9 heteroatoms. The van der Waals surface area contributed by atoms with Crippen LogP contribution in [0.2, 0.25) is 0 Å². The fourth-order valence-electron chi connectivity index (χ4n) is 3.69. The molecule has 2 aromatic rings. The lowest BCUT2D eigenvalue weighted by Gasteiger charge is -2.42. The van der Waals surface area contributed by atoms with Crippen LogP contribution in [-0.2, 0) is 22.6 Å². The second-order valence-corrected chi connectivity index (χ2v) is 7.83. The Hall–Kier alpha value is -2.14. The van der Waals surface area contributed by atoms with Crippen molar-refractivity contribution >= 4 is 41.5 Å². The van der Waals surface area contributed by atoms with Crippen molar-refractivity contribution in [1.29, 1.82) is 0 Å². The predicted molar refractivity (Wildman–Crippen MR) is 134 cm³/mol. The molecule has 0 radical (unpaired) electrons. The van der Waals surface area contributed by atoms with Crippen LogP contribution in [0.1, 0.15) is 31.2 Å². The topological polar surface area (TPSA) is 92.6 Å². The van der Waals surface area contributed by atoms with E-state index < -0.39 is 0 Å². The maximum Gasteiger partial charge on any atom is 0.246 e. The fraction of sp³-hybridized carbons (Fsp3) is 0.500. The number of nitrogens with one attached hydrogen (secondary N) is 3. The number of aromatic nitrogens is 2. The summed E-state index contributed by atoms with van der Waals surface area (Å²) < 4.78 is 6.87. The molecule has 0 spiro atoms. The lowest BCUT2D eigenvalue weighted by molar-refractivity contribution is -0.116. The highest BCUT2D eigenvalue weighted by molar-refractivity contribution is 14.0. The number of guanidine groups is 1. The van der Waals surface area contributed by atoms with Crippen LogP contribution in [0.4, 0.5) is 5.69 Å². The summed E-state index contributed by atoms with van der Waals surface area (Å²) in [6.45, 7) is 2.51.